The van der Waals surface area contributed by atoms with Gasteiger partial charge in [-0.25, -0.2) is 0 Å². The molecule has 34 heavy (non-hydrogen) atoms. The summed E-state index contributed by atoms with van der Waals surface area (Å²) < 4.78 is 6.38. The Kier molecular flexibility index (Phi) is 7.57. The molecule has 0 spiro atoms. The molecule has 0 radical (unpaired) electrons. The SMILES string of the molecule is CCCC1(C(=O)O)CCN(Cc2ccc3cc(O[C@H]4CC[C@H](C(C)(C)C)CC4)ccc3c2)CC1. The molecule has 0 bridgehead atoms. The molecule has 0 amide bonds. The van der Waals surface area contributed by atoms with Crippen LogP contribution in [-0.2, 0) is 11.3 Å². The summed E-state index contributed by atoms with van der Waals surface area (Å²) in [4.78, 5) is 14.3. The molecule has 2 aromatic rings. The van der Waals surface area contributed by atoms with Crippen molar-refractivity contribution in [3.8, 4) is 5.75 Å². The Morgan fingerprint density at radius 2 is 1.68 bits per heavy atom. The van der Waals surface area contributed by atoms with Gasteiger partial charge < -0.3 is 9.84 Å². The van der Waals surface area contributed by atoms with E-state index < -0.39 is 11.4 Å². The zero-order valence-corrected chi connectivity index (χ0v) is 21.6. The number of ether oxygens (including phenoxy) is 1. The van der Waals surface area contributed by atoms with Gasteiger partial charge >= 0.3 is 5.97 Å². The number of benzene rings is 2. The number of hydrogen-bond acceptors (Lipinski definition) is 3. The van der Waals surface area contributed by atoms with Crippen LogP contribution in [-0.4, -0.2) is 35.2 Å². The zero-order chi connectivity index (χ0) is 24.3. The number of hydrogen-bond donors (Lipinski definition) is 1. The highest BCUT2D eigenvalue weighted by molar-refractivity contribution is 5.84. The number of carboxylic acid groups (broad SMARTS) is 1. The molecule has 0 unspecified atom stereocenters. The summed E-state index contributed by atoms with van der Waals surface area (Å²) in [5.41, 5.74) is 1.17. The Bertz CT molecular complexity index is 976. The second-order valence-electron chi connectivity index (χ2n) is 11.9. The van der Waals surface area contributed by atoms with E-state index in [4.69, 9.17) is 4.74 Å². The summed E-state index contributed by atoms with van der Waals surface area (Å²) >= 11 is 0. The van der Waals surface area contributed by atoms with Crippen LogP contribution in [0, 0.1) is 16.7 Å². The van der Waals surface area contributed by atoms with Crippen LogP contribution in [0.15, 0.2) is 36.4 Å². The van der Waals surface area contributed by atoms with Crippen LogP contribution in [0.25, 0.3) is 10.8 Å². The second kappa shape index (κ2) is 10.3. The molecule has 4 heteroatoms. The molecule has 2 aromatic carbocycles. The average molecular weight is 466 g/mol. The average Bonchev–Trinajstić information content (AvgIpc) is 2.80. The van der Waals surface area contributed by atoms with Gasteiger partial charge in [-0.1, -0.05) is 52.3 Å². The number of piperidine rings is 1. The predicted octanol–water partition coefficient (Wildman–Crippen LogP) is 7.29. The van der Waals surface area contributed by atoms with Crippen molar-refractivity contribution in [2.75, 3.05) is 13.1 Å². The van der Waals surface area contributed by atoms with Gasteiger partial charge in [0.25, 0.3) is 0 Å². The van der Waals surface area contributed by atoms with Gasteiger partial charge in [0, 0.05) is 6.54 Å². The fraction of sp³-hybridized carbons (Fsp3) is 0.633. The van der Waals surface area contributed by atoms with Crippen LogP contribution in [0.3, 0.4) is 0 Å². The van der Waals surface area contributed by atoms with Gasteiger partial charge in [-0.2, -0.15) is 0 Å². The van der Waals surface area contributed by atoms with Crippen molar-refractivity contribution in [2.24, 2.45) is 16.7 Å². The smallest absolute Gasteiger partial charge is 0.309 e. The first-order valence-corrected chi connectivity index (χ1v) is 13.3. The Labute approximate surface area is 205 Å². The van der Waals surface area contributed by atoms with Crippen LogP contribution < -0.4 is 4.74 Å². The lowest BCUT2D eigenvalue weighted by molar-refractivity contribution is -0.152. The number of carbonyl (C=O) groups is 1. The van der Waals surface area contributed by atoms with Gasteiger partial charge in [0.15, 0.2) is 0 Å². The number of fused-ring (bicyclic) bond motifs is 1. The quantitative estimate of drug-likeness (QED) is 0.466. The molecule has 1 aliphatic heterocycles. The minimum absolute atomic E-state index is 0.333. The lowest BCUT2D eigenvalue weighted by atomic mass is 9.72. The Balaban J connectivity index is 1.34. The molecule has 4 nitrogen and oxygen atoms in total. The molecule has 0 atom stereocenters. The van der Waals surface area contributed by atoms with Crippen molar-refractivity contribution in [2.45, 2.75) is 91.7 Å². The summed E-state index contributed by atoms with van der Waals surface area (Å²) in [6.45, 7) is 11.8. The third-order valence-corrected chi connectivity index (χ3v) is 8.48. The van der Waals surface area contributed by atoms with Gasteiger partial charge in [0.1, 0.15) is 5.75 Å². The van der Waals surface area contributed by atoms with Crippen LogP contribution in [0.5, 0.6) is 5.75 Å². The molecule has 1 aliphatic carbocycles. The van der Waals surface area contributed by atoms with E-state index in [1.807, 2.05) is 0 Å². The minimum atomic E-state index is -0.611. The Hall–Kier alpha value is -2.07. The fourth-order valence-corrected chi connectivity index (χ4v) is 6.13. The van der Waals surface area contributed by atoms with Gasteiger partial charge in [-0.3, -0.25) is 9.69 Å². The van der Waals surface area contributed by atoms with Crippen molar-refractivity contribution in [3.63, 3.8) is 0 Å². The van der Waals surface area contributed by atoms with E-state index >= 15 is 0 Å². The maximum absolute atomic E-state index is 11.9. The standard InChI is InChI=1S/C30H43NO3/c1-5-14-30(28(32)33)15-17-31(18-16-30)21-22-6-7-24-20-27(11-8-23(24)19-22)34-26-12-9-25(10-13-26)29(2,3)4/h6-8,11,19-20,25-26H,5,9-10,12-18,21H2,1-4H3,(H,32,33)/t25-,26-. The van der Waals surface area contributed by atoms with Crippen molar-refractivity contribution in [1.82, 2.24) is 4.90 Å². The molecule has 1 heterocycles. The number of nitrogens with zero attached hydrogens (tertiary/aromatic N) is 1. The van der Waals surface area contributed by atoms with Crippen molar-refractivity contribution in [1.29, 1.82) is 0 Å². The molecule has 186 valence electrons. The number of carboxylic acids is 1. The third kappa shape index (κ3) is 5.76. The van der Waals surface area contributed by atoms with Gasteiger partial charge in [-0.05, 0) is 104 Å². The largest absolute Gasteiger partial charge is 0.490 e. The predicted molar refractivity (Wildman–Crippen MR) is 139 cm³/mol. The first-order valence-electron chi connectivity index (χ1n) is 13.3. The van der Waals surface area contributed by atoms with Crippen LogP contribution in [0.4, 0.5) is 0 Å². The first kappa shape index (κ1) is 25.0. The summed E-state index contributed by atoms with van der Waals surface area (Å²) in [7, 11) is 0. The van der Waals surface area contributed by atoms with E-state index in [2.05, 4.69) is 69.0 Å². The Morgan fingerprint density at radius 1 is 1.03 bits per heavy atom. The van der Waals surface area contributed by atoms with Crippen LogP contribution in [0.1, 0.15) is 84.6 Å². The number of likely N-dealkylation sites (tertiary alicyclic amines) is 1. The molecule has 1 N–H and O–H groups in total. The topological polar surface area (TPSA) is 49.8 Å². The molecule has 2 fully saturated rings. The highest BCUT2D eigenvalue weighted by atomic mass is 16.5. The van der Waals surface area contributed by atoms with E-state index in [9.17, 15) is 9.90 Å². The summed E-state index contributed by atoms with van der Waals surface area (Å²) in [5.74, 6) is 1.17. The van der Waals surface area contributed by atoms with Gasteiger partial charge in [0.2, 0.25) is 0 Å². The number of aliphatic carboxylic acids is 1. The van der Waals surface area contributed by atoms with E-state index in [1.165, 1.54) is 29.2 Å². The monoisotopic (exact) mass is 465 g/mol. The van der Waals surface area contributed by atoms with Gasteiger partial charge in [-0.15, -0.1) is 0 Å². The normalized spacial score (nSPS) is 23.6. The molecule has 1 saturated carbocycles. The molecule has 2 aliphatic rings. The summed E-state index contributed by atoms with van der Waals surface area (Å²) in [6.07, 6.45) is 8.37. The number of rotatable bonds is 7. The zero-order valence-electron chi connectivity index (χ0n) is 21.6. The highest BCUT2D eigenvalue weighted by Crippen LogP contribution is 2.39. The molecule has 4 rings (SSSR count). The maximum Gasteiger partial charge on any atom is 0.309 e. The summed E-state index contributed by atoms with van der Waals surface area (Å²) in [6, 6.07) is 13.2. The van der Waals surface area contributed by atoms with Gasteiger partial charge in [0.05, 0.1) is 11.5 Å². The molecular formula is C30H43NO3. The summed E-state index contributed by atoms with van der Waals surface area (Å²) in [5, 5.41) is 12.2. The third-order valence-electron chi connectivity index (χ3n) is 8.48. The van der Waals surface area contributed by atoms with Crippen molar-refractivity contribution in [3.05, 3.63) is 42.0 Å². The Morgan fingerprint density at radius 3 is 2.29 bits per heavy atom. The van der Waals surface area contributed by atoms with Crippen LogP contribution >= 0.6 is 0 Å². The van der Waals surface area contributed by atoms with Crippen molar-refractivity contribution >= 4 is 16.7 Å². The molecule has 0 aromatic heterocycles. The fourth-order valence-electron chi connectivity index (χ4n) is 6.13. The van der Waals surface area contributed by atoms with E-state index in [0.29, 0.717) is 11.5 Å². The lowest BCUT2D eigenvalue weighted by Gasteiger charge is -2.39. The molecule has 1 saturated heterocycles. The van der Waals surface area contributed by atoms with E-state index in [0.717, 1.165) is 69.8 Å². The van der Waals surface area contributed by atoms with Crippen LogP contribution in [0.2, 0.25) is 0 Å². The van der Waals surface area contributed by atoms with E-state index in [1.54, 1.807) is 0 Å². The van der Waals surface area contributed by atoms with Crippen molar-refractivity contribution < 1.29 is 14.6 Å². The van der Waals surface area contributed by atoms with E-state index in [-0.39, 0.29) is 0 Å². The lowest BCUT2D eigenvalue weighted by Crippen LogP contribution is -2.44. The maximum atomic E-state index is 11.9. The molecular weight excluding hydrogens is 422 g/mol. The second-order valence-corrected chi connectivity index (χ2v) is 11.9. The highest BCUT2D eigenvalue weighted by Gasteiger charge is 2.40. The first-order chi connectivity index (χ1) is 16.2. The minimum Gasteiger partial charge on any atom is -0.490 e.